The molecular weight excluding hydrogens is 206 g/mol. The predicted octanol–water partition coefficient (Wildman–Crippen LogP) is 1.01. The topological polar surface area (TPSA) is 55.4 Å². The second kappa shape index (κ2) is 3.96. The maximum absolute atomic E-state index is 11.6. The molecule has 0 spiro atoms. The number of amides is 1. The zero-order valence-electron chi connectivity index (χ0n) is 9.03. The summed E-state index contributed by atoms with van der Waals surface area (Å²) in [6, 6.07) is 9.44. The zero-order chi connectivity index (χ0) is 11.6. The third-order valence-corrected chi connectivity index (χ3v) is 2.59. The Hall–Kier alpha value is -1.84. The summed E-state index contributed by atoms with van der Waals surface area (Å²) in [5.41, 5.74) is 0.108. The molecule has 0 aromatic heterocycles. The lowest BCUT2D eigenvalue weighted by atomic mass is 9.90. The lowest BCUT2D eigenvalue weighted by Crippen LogP contribution is -2.64. The molecule has 0 aliphatic carbocycles. The molecule has 1 atom stereocenters. The minimum atomic E-state index is -0.828. The summed E-state index contributed by atoms with van der Waals surface area (Å²) < 4.78 is 5.13. The highest BCUT2D eigenvalue weighted by Crippen LogP contribution is 2.21. The van der Waals surface area contributed by atoms with Gasteiger partial charge in [0.15, 0.2) is 0 Å². The van der Waals surface area contributed by atoms with Gasteiger partial charge in [0.05, 0.1) is 6.42 Å². The van der Waals surface area contributed by atoms with Crippen molar-refractivity contribution in [3.05, 3.63) is 35.9 Å². The first kappa shape index (κ1) is 10.7. The van der Waals surface area contributed by atoms with E-state index in [2.05, 4.69) is 5.32 Å². The molecule has 0 saturated carbocycles. The summed E-state index contributed by atoms with van der Waals surface area (Å²) in [5, 5.41) is 2.54. The number of hydrogen-bond acceptors (Lipinski definition) is 3. The summed E-state index contributed by atoms with van der Waals surface area (Å²) in [6.07, 6.45) is 0.209. The molecule has 0 bridgehead atoms. The van der Waals surface area contributed by atoms with E-state index >= 15 is 0 Å². The van der Waals surface area contributed by atoms with Gasteiger partial charge < -0.3 is 10.1 Å². The molecule has 1 heterocycles. The Morgan fingerprint density at radius 2 is 2.06 bits per heavy atom. The maximum atomic E-state index is 11.6. The van der Waals surface area contributed by atoms with Crippen LogP contribution in [0.4, 0.5) is 0 Å². The van der Waals surface area contributed by atoms with Crippen molar-refractivity contribution in [3.63, 3.8) is 0 Å². The first-order valence-electron chi connectivity index (χ1n) is 5.12. The average molecular weight is 219 g/mol. The van der Waals surface area contributed by atoms with Crippen molar-refractivity contribution < 1.29 is 14.3 Å². The minimum Gasteiger partial charge on any atom is -0.459 e. The van der Waals surface area contributed by atoms with E-state index in [0.29, 0.717) is 0 Å². The van der Waals surface area contributed by atoms with Gasteiger partial charge in [0.1, 0.15) is 12.1 Å². The first-order valence-corrected chi connectivity index (χ1v) is 5.12. The van der Waals surface area contributed by atoms with Crippen LogP contribution in [0.3, 0.4) is 0 Å². The summed E-state index contributed by atoms with van der Waals surface area (Å²) in [5.74, 6) is -0.491. The molecule has 0 unspecified atom stereocenters. The lowest BCUT2D eigenvalue weighted by Gasteiger charge is -2.36. The van der Waals surface area contributed by atoms with Gasteiger partial charge >= 0.3 is 5.97 Å². The highest BCUT2D eigenvalue weighted by molar-refractivity contribution is 5.98. The number of rotatable bonds is 3. The monoisotopic (exact) mass is 219 g/mol. The molecule has 4 nitrogen and oxygen atoms in total. The third kappa shape index (κ3) is 2.05. The summed E-state index contributed by atoms with van der Waals surface area (Å²) in [4.78, 5) is 22.4. The molecule has 1 fully saturated rings. The summed E-state index contributed by atoms with van der Waals surface area (Å²) in [7, 11) is 0. The molecule has 4 heteroatoms. The van der Waals surface area contributed by atoms with E-state index in [0.717, 1.165) is 5.56 Å². The van der Waals surface area contributed by atoms with Gasteiger partial charge in [0.25, 0.3) is 0 Å². The Labute approximate surface area is 93.6 Å². The summed E-state index contributed by atoms with van der Waals surface area (Å²) >= 11 is 0. The Morgan fingerprint density at radius 1 is 1.44 bits per heavy atom. The Bertz CT molecular complexity index is 406. The molecule has 0 radical (unpaired) electrons. The number of carbonyl (C=O) groups is 2. The van der Waals surface area contributed by atoms with E-state index in [9.17, 15) is 9.59 Å². The number of ether oxygens (including phenoxy) is 1. The standard InChI is InChI=1S/C12H13NO3/c1-12(7-10(14)13-12)11(15)16-8-9-5-3-2-4-6-9/h2-6H,7-8H2,1H3,(H,13,14)/t12-/m0/s1. The highest BCUT2D eigenvalue weighted by Gasteiger charge is 2.46. The van der Waals surface area contributed by atoms with Crippen LogP contribution in [-0.4, -0.2) is 17.4 Å². The smallest absolute Gasteiger partial charge is 0.332 e. The third-order valence-electron chi connectivity index (χ3n) is 2.59. The SMILES string of the molecule is C[C@@]1(C(=O)OCc2ccccc2)CC(=O)N1. The quantitative estimate of drug-likeness (QED) is 0.609. The minimum absolute atomic E-state index is 0.112. The van der Waals surface area contributed by atoms with Crippen LogP contribution in [0.2, 0.25) is 0 Å². The molecule has 1 aliphatic heterocycles. The zero-order valence-corrected chi connectivity index (χ0v) is 9.03. The molecule has 1 aromatic carbocycles. The van der Waals surface area contributed by atoms with Gasteiger partial charge in [-0.3, -0.25) is 4.79 Å². The lowest BCUT2D eigenvalue weighted by molar-refractivity contribution is -0.161. The Morgan fingerprint density at radius 3 is 2.62 bits per heavy atom. The average Bonchev–Trinajstić information content (AvgIpc) is 2.25. The van der Waals surface area contributed by atoms with Gasteiger partial charge in [-0.1, -0.05) is 30.3 Å². The van der Waals surface area contributed by atoms with Crippen LogP contribution in [0.15, 0.2) is 30.3 Å². The van der Waals surface area contributed by atoms with Crippen molar-refractivity contribution in [2.24, 2.45) is 0 Å². The second-order valence-electron chi connectivity index (χ2n) is 4.12. The van der Waals surface area contributed by atoms with Gasteiger partial charge in [0.2, 0.25) is 5.91 Å². The van der Waals surface area contributed by atoms with Crippen LogP contribution in [-0.2, 0) is 20.9 Å². The van der Waals surface area contributed by atoms with E-state index in [1.807, 2.05) is 30.3 Å². The number of hydrogen-bond donors (Lipinski definition) is 1. The van der Waals surface area contributed by atoms with Crippen molar-refractivity contribution in [3.8, 4) is 0 Å². The fourth-order valence-electron chi connectivity index (χ4n) is 1.62. The van der Waals surface area contributed by atoms with Crippen LogP contribution in [0.1, 0.15) is 18.9 Å². The van der Waals surface area contributed by atoms with E-state index in [1.54, 1.807) is 6.92 Å². The van der Waals surface area contributed by atoms with Crippen LogP contribution in [0.5, 0.6) is 0 Å². The van der Waals surface area contributed by atoms with Crippen molar-refractivity contribution in [1.82, 2.24) is 5.32 Å². The number of β-lactam (4-membered cyclic amide) rings is 1. The summed E-state index contributed by atoms with van der Waals surface area (Å²) in [6.45, 7) is 1.91. The van der Waals surface area contributed by atoms with Gasteiger partial charge in [0, 0.05) is 0 Å². The van der Waals surface area contributed by atoms with Crippen LogP contribution in [0, 0.1) is 0 Å². The molecule has 16 heavy (non-hydrogen) atoms. The number of benzene rings is 1. The van der Waals surface area contributed by atoms with Crippen molar-refractivity contribution in [2.45, 2.75) is 25.5 Å². The van der Waals surface area contributed by atoms with Gasteiger partial charge in [-0.05, 0) is 12.5 Å². The van der Waals surface area contributed by atoms with Crippen molar-refractivity contribution in [2.75, 3.05) is 0 Å². The van der Waals surface area contributed by atoms with Crippen LogP contribution >= 0.6 is 0 Å². The molecule has 1 aliphatic rings. The molecular formula is C12H13NO3. The fraction of sp³-hybridized carbons (Fsp3) is 0.333. The van der Waals surface area contributed by atoms with Gasteiger partial charge in [-0.15, -0.1) is 0 Å². The maximum Gasteiger partial charge on any atom is 0.332 e. The molecule has 1 aromatic rings. The van der Waals surface area contributed by atoms with Crippen LogP contribution in [0.25, 0.3) is 0 Å². The van der Waals surface area contributed by atoms with Gasteiger partial charge in [-0.25, -0.2) is 4.79 Å². The Kier molecular flexibility index (Phi) is 2.64. The first-order chi connectivity index (χ1) is 7.60. The molecule has 1 amide bonds. The Balaban J connectivity index is 1.87. The number of carbonyl (C=O) groups excluding carboxylic acids is 2. The highest BCUT2D eigenvalue weighted by atomic mass is 16.5. The number of nitrogens with one attached hydrogen (secondary N) is 1. The van der Waals surface area contributed by atoms with E-state index in [1.165, 1.54) is 0 Å². The fourth-order valence-corrected chi connectivity index (χ4v) is 1.62. The number of esters is 1. The molecule has 1 N–H and O–H groups in total. The largest absolute Gasteiger partial charge is 0.459 e. The van der Waals surface area contributed by atoms with E-state index in [4.69, 9.17) is 4.74 Å². The van der Waals surface area contributed by atoms with Gasteiger partial charge in [-0.2, -0.15) is 0 Å². The molecule has 1 saturated heterocycles. The normalized spacial score (nSPS) is 23.2. The van der Waals surface area contributed by atoms with Crippen LogP contribution < -0.4 is 5.32 Å². The van der Waals surface area contributed by atoms with E-state index in [-0.39, 0.29) is 24.9 Å². The molecule has 2 rings (SSSR count). The van der Waals surface area contributed by atoms with E-state index < -0.39 is 5.54 Å². The predicted molar refractivity (Wildman–Crippen MR) is 57.4 cm³/mol. The second-order valence-corrected chi connectivity index (χ2v) is 4.12. The molecule has 84 valence electrons. The van der Waals surface area contributed by atoms with Crippen molar-refractivity contribution >= 4 is 11.9 Å². The van der Waals surface area contributed by atoms with Crippen molar-refractivity contribution in [1.29, 1.82) is 0 Å².